The highest BCUT2D eigenvalue weighted by atomic mass is 16.5. The highest BCUT2D eigenvalue weighted by Crippen LogP contribution is 2.20. The zero-order chi connectivity index (χ0) is 12.6. The molecule has 0 radical (unpaired) electrons. The van der Waals surface area contributed by atoms with Gasteiger partial charge in [-0.1, -0.05) is 42.5 Å². The van der Waals surface area contributed by atoms with Crippen molar-refractivity contribution in [2.75, 3.05) is 6.61 Å². The van der Waals surface area contributed by atoms with Crippen molar-refractivity contribution in [2.45, 2.75) is 25.7 Å². The Morgan fingerprint density at radius 2 is 1.78 bits per heavy atom. The Morgan fingerprint density at radius 3 is 2.67 bits per heavy atom. The maximum absolute atomic E-state index is 9.98. The van der Waals surface area contributed by atoms with Gasteiger partial charge in [0.2, 0.25) is 0 Å². The minimum atomic E-state index is 0.519. The number of rotatable bonds is 7. The summed E-state index contributed by atoms with van der Waals surface area (Å²) in [4.78, 5) is 9.98. The molecule has 2 rings (SSSR count). The molecule has 0 spiro atoms. The molecule has 0 aromatic heterocycles. The summed E-state index contributed by atoms with van der Waals surface area (Å²) >= 11 is 0. The SMILES string of the molecule is O=COCCCCCc1cccc2ccccc12. The lowest BCUT2D eigenvalue weighted by Crippen LogP contribution is -1.93. The Hall–Kier alpha value is -1.83. The highest BCUT2D eigenvalue weighted by molar-refractivity contribution is 5.85. The lowest BCUT2D eigenvalue weighted by molar-refractivity contribution is -0.128. The van der Waals surface area contributed by atoms with Gasteiger partial charge in [0.1, 0.15) is 0 Å². The number of fused-ring (bicyclic) bond motifs is 1. The average molecular weight is 242 g/mol. The predicted octanol–water partition coefficient (Wildman–Crippen LogP) is 3.73. The Bertz CT molecular complexity index is 500. The summed E-state index contributed by atoms with van der Waals surface area (Å²) in [6.07, 6.45) is 4.26. The van der Waals surface area contributed by atoms with Crippen molar-refractivity contribution in [2.24, 2.45) is 0 Å². The van der Waals surface area contributed by atoms with E-state index in [2.05, 4.69) is 47.2 Å². The fourth-order valence-electron chi connectivity index (χ4n) is 2.24. The van der Waals surface area contributed by atoms with Crippen LogP contribution in [0.3, 0.4) is 0 Å². The molecule has 0 fully saturated rings. The van der Waals surface area contributed by atoms with E-state index >= 15 is 0 Å². The number of hydrogen-bond acceptors (Lipinski definition) is 2. The molecule has 0 saturated heterocycles. The van der Waals surface area contributed by atoms with Gasteiger partial charge in [-0.15, -0.1) is 0 Å². The van der Waals surface area contributed by atoms with Crippen LogP contribution in [0.5, 0.6) is 0 Å². The standard InChI is InChI=1S/C16H18O2/c17-13-18-12-5-1-2-7-14-9-6-10-15-8-3-4-11-16(14)15/h3-4,6,8-11,13H,1-2,5,7,12H2. The van der Waals surface area contributed by atoms with Crippen LogP contribution in [0.1, 0.15) is 24.8 Å². The van der Waals surface area contributed by atoms with Crippen LogP contribution in [0.15, 0.2) is 42.5 Å². The van der Waals surface area contributed by atoms with Crippen LogP contribution in [0.2, 0.25) is 0 Å². The van der Waals surface area contributed by atoms with Gasteiger partial charge in [0.05, 0.1) is 6.61 Å². The van der Waals surface area contributed by atoms with Crippen LogP contribution in [0.25, 0.3) is 10.8 Å². The zero-order valence-corrected chi connectivity index (χ0v) is 10.5. The summed E-state index contributed by atoms with van der Waals surface area (Å²) < 4.78 is 4.68. The third-order valence-corrected chi connectivity index (χ3v) is 3.16. The van der Waals surface area contributed by atoms with E-state index in [1.165, 1.54) is 16.3 Å². The largest absolute Gasteiger partial charge is 0.468 e. The normalized spacial score (nSPS) is 10.4. The Balaban J connectivity index is 1.89. The molecule has 0 N–H and O–H groups in total. The molecule has 0 unspecified atom stereocenters. The second kappa shape index (κ2) is 6.80. The molecule has 2 heteroatoms. The van der Waals surface area contributed by atoms with Crippen molar-refractivity contribution in [3.05, 3.63) is 48.0 Å². The Morgan fingerprint density at radius 1 is 0.944 bits per heavy atom. The van der Waals surface area contributed by atoms with Gasteiger partial charge in [-0.05, 0) is 42.0 Å². The van der Waals surface area contributed by atoms with Crippen LogP contribution < -0.4 is 0 Å². The Kier molecular flexibility index (Phi) is 4.77. The molecular weight excluding hydrogens is 224 g/mol. The summed E-state index contributed by atoms with van der Waals surface area (Å²) in [5.74, 6) is 0. The van der Waals surface area contributed by atoms with Crippen molar-refractivity contribution in [1.29, 1.82) is 0 Å². The molecule has 2 aromatic rings. The van der Waals surface area contributed by atoms with Gasteiger partial charge < -0.3 is 4.74 Å². The second-order valence-electron chi connectivity index (χ2n) is 4.42. The van der Waals surface area contributed by atoms with Crippen molar-refractivity contribution in [3.8, 4) is 0 Å². The first-order chi connectivity index (χ1) is 8.92. The van der Waals surface area contributed by atoms with E-state index in [-0.39, 0.29) is 0 Å². The van der Waals surface area contributed by atoms with E-state index in [1.54, 1.807) is 0 Å². The lowest BCUT2D eigenvalue weighted by atomic mass is 10.00. The third-order valence-electron chi connectivity index (χ3n) is 3.16. The number of benzene rings is 2. The number of ether oxygens (including phenoxy) is 1. The number of carbonyl (C=O) groups excluding carboxylic acids is 1. The lowest BCUT2D eigenvalue weighted by Gasteiger charge is -2.06. The molecule has 94 valence electrons. The fraction of sp³-hybridized carbons (Fsp3) is 0.312. The number of unbranched alkanes of at least 4 members (excludes halogenated alkanes) is 2. The molecule has 2 nitrogen and oxygen atoms in total. The van der Waals surface area contributed by atoms with Crippen LogP contribution in [0, 0.1) is 0 Å². The average Bonchev–Trinajstić information content (AvgIpc) is 2.43. The summed E-state index contributed by atoms with van der Waals surface area (Å²) in [6.45, 7) is 1.06. The maximum atomic E-state index is 9.98. The van der Waals surface area contributed by atoms with Crippen molar-refractivity contribution in [1.82, 2.24) is 0 Å². The topological polar surface area (TPSA) is 26.3 Å². The quantitative estimate of drug-likeness (QED) is 0.546. The second-order valence-corrected chi connectivity index (χ2v) is 4.42. The molecule has 0 heterocycles. The van der Waals surface area contributed by atoms with Crippen LogP contribution in [-0.2, 0) is 16.0 Å². The van der Waals surface area contributed by atoms with E-state index in [9.17, 15) is 4.79 Å². The maximum Gasteiger partial charge on any atom is 0.293 e. The van der Waals surface area contributed by atoms with Crippen LogP contribution in [-0.4, -0.2) is 13.1 Å². The molecule has 18 heavy (non-hydrogen) atoms. The van der Waals surface area contributed by atoms with E-state index < -0.39 is 0 Å². The first-order valence-corrected chi connectivity index (χ1v) is 6.44. The smallest absolute Gasteiger partial charge is 0.293 e. The van der Waals surface area contributed by atoms with Crippen molar-refractivity contribution >= 4 is 17.2 Å². The minimum Gasteiger partial charge on any atom is -0.468 e. The summed E-state index contributed by atoms with van der Waals surface area (Å²) in [7, 11) is 0. The van der Waals surface area contributed by atoms with Crippen molar-refractivity contribution in [3.63, 3.8) is 0 Å². The van der Waals surface area contributed by atoms with E-state index in [0.29, 0.717) is 13.1 Å². The molecular formula is C16H18O2. The van der Waals surface area contributed by atoms with Gasteiger partial charge in [0, 0.05) is 0 Å². The first-order valence-electron chi connectivity index (χ1n) is 6.44. The molecule has 2 aromatic carbocycles. The van der Waals surface area contributed by atoms with E-state index in [1.807, 2.05) is 0 Å². The van der Waals surface area contributed by atoms with E-state index in [0.717, 1.165) is 25.7 Å². The number of hydrogen-bond donors (Lipinski definition) is 0. The molecule has 0 bridgehead atoms. The molecule has 0 amide bonds. The summed E-state index contributed by atoms with van der Waals surface area (Å²) in [5, 5.41) is 2.66. The van der Waals surface area contributed by atoms with E-state index in [4.69, 9.17) is 0 Å². The Labute approximate surface area is 108 Å². The molecule has 0 aliphatic carbocycles. The fourth-order valence-corrected chi connectivity index (χ4v) is 2.24. The van der Waals surface area contributed by atoms with Gasteiger partial charge >= 0.3 is 0 Å². The molecule has 0 aliphatic rings. The third kappa shape index (κ3) is 3.33. The monoisotopic (exact) mass is 242 g/mol. The number of aryl methyl sites for hydroxylation is 1. The van der Waals surface area contributed by atoms with Crippen LogP contribution in [0.4, 0.5) is 0 Å². The molecule has 0 aliphatic heterocycles. The zero-order valence-electron chi connectivity index (χ0n) is 10.5. The van der Waals surface area contributed by atoms with Gasteiger partial charge in [-0.3, -0.25) is 4.79 Å². The van der Waals surface area contributed by atoms with Crippen LogP contribution >= 0.6 is 0 Å². The first kappa shape index (κ1) is 12.6. The van der Waals surface area contributed by atoms with Crippen molar-refractivity contribution < 1.29 is 9.53 Å². The molecule has 0 atom stereocenters. The van der Waals surface area contributed by atoms with Gasteiger partial charge in [-0.25, -0.2) is 0 Å². The summed E-state index contributed by atoms with van der Waals surface area (Å²) in [5.41, 5.74) is 1.41. The predicted molar refractivity (Wildman–Crippen MR) is 73.5 cm³/mol. The minimum absolute atomic E-state index is 0.519. The van der Waals surface area contributed by atoms with Gasteiger partial charge in [0.15, 0.2) is 0 Å². The number of carbonyl (C=O) groups is 1. The van der Waals surface area contributed by atoms with Gasteiger partial charge in [-0.2, -0.15) is 0 Å². The molecule has 0 saturated carbocycles. The van der Waals surface area contributed by atoms with Gasteiger partial charge in [0.25, 0.3) is 6.47 Å². The summed E-state index contributed by atoms with van der Waals surface area (Å²) in [6, 6.07) is 15.0. The highest BCUT2D eigenvalue weighted by Gasteiger charge is 1.99.